The number of hydrazine groups is 1. The van der Waals surface area contributed by atoms with Crippen LogP contribution in [0.5, 0.6) is 0 Å². The van der Waals surface area contributed by atoms with Crippen molar-refractivity contribution >= 4 is 18.0 Å². The van der Waals surface area contributed by atoms with Crippen LogP contribution in [-0.4, -0.2) is 29.0 Å². The molecule has 1 heterocycles. The lowest BCUT2D eigenvalue weighted by atomic mass is 10.2. The van der Waals surface area contributed by atoms with E-state index < -0.39 is 12.2 Å². The minimum absolute atomic E-state index is 0.321. The molecule has 0 unspecified atom stereocenters. The van der Waals surface area contributed by atoms with E-state index in [9.17, 15) is 9.59 Å². The molecular weight excluding hydrogens is 346 g/mol. The summed E-state index contributed by atoms with van der Waals surface area (Å²) in [7, 11) is 0. The van der Waals surface area contributed by atoms with Crippen LogP contribution in [0.4, 0.5) is 15.4 Å². The average Bonchev–Trinajstić information content (AvgIpc) is 2.93. The van der Waals surface area contributed by atoms with E-state index >= 15 is 0 Å². The maximum absolute atomic E-state index is 12.7. The molecule has 1 aromatic carbocycles. The van der Waals surface area contributed by atoms with Gasteiger partial charge in [0, 0.05) is 5.69 Å². The van der Waals surface area contributed by atoms with Crippen LogP contribution in [0.15, 0.2) is 36.4 Å². The Balaban J connectivity index is 2.48. The Morgan fingerprint density at radius 3 is 2.19 bits per heavy atom. The second kappa shape index (κ2) is 8.62. The second-order valence-electron chi connectivity index (χ2n) is 6.79. The molecule has 2 rings (SSSR count). The quantitative estimate of drug-likeness (QED) is 0.801. The first kappa shape index (κ1) is 20.4. The first-order chi connectivity index (χ1) is 12.7. The van der Waals surface area contributed by atoms with Crippen LogP contribution in [0.1, 0.15) is 39.0 Å². The Bertz CT molecular complexity index is 811. The lowest BCUT2D eigenvalue weighted by Gasteiger charge is -2.26. The summed E-state index contributed by atoms with van der Waals surface area (Å²) < 4.78 is 12.3. The molecule has 0 saturated heterocycles. The molecule has 7 nitrogen and oxygen atoms in total. The highest BCUT2D eigenvalue weighted by molar-refractivity contribution is 5.90. The van der Waals surface area contributed by atoms with Crippen molar-refractivity contribution in [3.8, 4) is 5.69 Å². The fourth-order valence-corrected chi connectivity index (χ4v) is 2.61. The van der Waals surface area contributed by atoms with Crippen molar-refractivity contribution in [2.45, 2.75) is 53.8 Å². The Labute approximate surface area is 159 Å². The van der Waals surface area contributed by atoms with Crippen molar-refractivity contribution in [2.24, 2.45) is 0 Å². The highest BCUT2D eigenvalue weighted by Crippen LogP contribution is 2.26. The van der Waals surface area contributed by atoms with E-state index in [-0.39, 0.29) is 12.2 Å². The molecule has 0 aliphatic heterocycles. The molecule has 0 aliphatic carbocycles. The molecule has 0 aliphatic rings. The van der Waals surface area contributed by atoms with Gasteiger partial charge in [-0.05, 0) is 65.3 Å². The molecule has 27 heavy (non-hydrogen) atoms. The summed E-state index contributed by atoms with van der Waals surface area (Å²) in [5, 5.41) is 1.07. The molecule has 2 amide bonds. The van der Waals surface area contributed by atoms with E-state index in [4.69, 9.17) is 9.47 Å². The zero-order valence-electron chi connectivity index (χ0n) is 16.6. The number of aryl methyl sites for hydroxylation is 2. The maximum Gasteiger partial charge on any atom is 0.435 e. The molecule has 0 saturated carbocycles. The first-order valence-electron chi connectivity index (χ1n) is 8.93. The topological polar surface area (TPSA) is 72.8 Å². The molecule has 0 radical (unpaired) electrons. The number of hydrogen-bond donors (Lipinski definition) is 1. The molecule has 146 valence electrons. The molecule has 0 spiro atoms. The van der Waals surface area contributed by atoms with E-state index in [0.717, 1.165) is 22.0 Å². The largest absolute Gasteiger partial charge is 0.446 e. The highest BCUT2D eigenvalue weighted by atomic mass is 16.6. The number of rotatable bonds is 4. The smallest absolute Gasteiger partial charge is 0.435 e. The Hall–Kier alpha value is -2.96. The van der Waals surface area contributed by atoms with E-state index in [0.29, 0.717) is 5.82 Å². The summed E-state index contributed by atoms with van der Waals surface area (Å²) in [6.07, 6.45) is -2.09. The Morgan fingerprint density at radius 2 is 1.59 bits per heavy atom. The van der Waals surface area contributed by atoms with Crippen molar-refractivity contribution in [3.63, 3.8) is 0 Å². The zero-order valence-corrected chi connectivity index (χ0v) is 16.6. The number of para-hydroxylation sites is 1. The normalized spacial score (nSPS) is 10.8. The van der Waals surface area contributed by atoms with E-state index in [1.54, 1.807) is 33.8 Å². The van der Waals surface area contributed by atoms with Crippen LogP contribution in [0.25, 0.3) is 5.69 Å². The minimum Gasteiger partial charge on any atom is -0.446 e. The number of aromatic nitrogens is 1. The fourth-order valence-electron chi connectivity index (χ4n) is 2.61. The third kappa shape index (κ3) is 5.03. The maximum atomic E-state index is 12.7. The van der Waals surface area contributed by atoms with Crippen LogP contribution in [0.2, 0.25) is 0 Å². The zero-order chi connectivity index (χ0) is 20.1. The summed E-state index contributed by atoms with van der Waals surface area (Å²) in [5.41, 5.74) is 5.32. The van der Waals surface area contributed by atoms with Gasteiger partial charge in [-0.1, -0.05) is 18.2 Å². The molecular formula is C20H27N3O4. The predicted octanol–water partition coefficient (Wildman–Crippen LogP) is 4.50. The predicted molar refractivity (Wildman–Crippen MR) is 104 cm³/mol. The summed E-state index contributed by atoms with van der Waals surface area (Å²) in [5.74, 6) is 0.452. The number of carbonyl (C=O) groups is 2. The van der Waals surface area contributed by atoms with Gasteiger partial charge in [0.15, 0.2) is 0 Å². The van der Waals surface area contributed by atoms with E-state index in [2.05, 4.69) is 5.43 Å². The molecule has 1 aromatic heterocycles. The third-order valence-electron chi connectivity index (χ3n) is 3.71. The molecule has 1 N–H and O–H groups in total. The number of nitrogens with zero attached hydrogens (tertiary/aromatic N) is 2. The van der Waals surface area contributed by atoms with Gasteiger partial charge in [-0.2, -0.15) is 5.01 Å². The van der Waals surface area contributed by atoms with Gasteiger partial charge in [-0.15, -0.1) is 0 Å². The Morgan fingerprint density at radius 1 is 0.963 bits per heavy atom. The van der Waals surface area contributed by atoms with Crippen molar-refractivity contribution in [1.29, 1.82) is 0 Å². The van der Waals surface area contributed by atoms with Crippen LogP contribution in [0, 0.1) is 13.8 Å². The van der Waals surface area contributed by atoms with Gasteiger partial charge in [0.2, 0.25) is 0 Å². The molecule has 0 fully saturated rings. The van der Waals surface area contributed by atoms with Crippen LogP contribution >= 0.6 is 0 Å². The second-order valence-corrected chi connectivity index (χ2v) is 6.79. The summed E-state index contributed by atoms with van der Waals surface area (Å²) in [6, 6.07) is 11.4. The van der Waals surface area contributed by atoms with Gasteiger partial charge in [0.05, 0.1) is 17.9 Å². The molecule has 7 heteroatoms. The number of ether oxygens (including phenoxy) is 2. The first-order valence-corrected chi connectivity index (χ1v) is 8.93. The molecule has 2 aromatic rings. The van der Waals surface area contributed by atoms with Gasteiger partial charge in [-0.3, -0.25) is 4.57 Å². The lowest BCUT2D eigenvalue weighted by molar-refractivity contribution is 0.103. The third-order valence-corrected chi connectivity index (χ3v) is 3.71. The minimum atomic E-state index is -0.735. The van der Waals surface area contributed by atoms with E-state index in [1.165, 1.54) is 0 Å². The molecule has 0 bridgehead atoms. The van der Waals surface area contributed by atoms with Gasteiger partial charge in [0.25, 0.3) is 0 Å². The number of hydrogen-bond acceptors (Lipinski definition) is 4. The van der Waals surface area contributed by atoms with Gasteiger partial charge in [0.1, 0.15) is 5.82 Å². The van der Waals surface area contributed by atoms with Crippen LogP contribution < -0.4 is 10.4 Å². The van der Waals surface area contributed by atoms with Crippen LogP contribution in [-0.2, 0) is 9.47 Å². The highest BCUT2D eigenvalue weighted by Gasteiger charge is 2.26. The number of anilines is 1. The van der Waals surface area contributed by atoms with Gasteiger partial charge >= 0.3 is 12.2 Å². The number of amides is 2. The van der Waals surface area contributed by atoms with Crippen molar-refractivity contribution in [3.05, 3.63) is 47.7 Å². The van der Waals surface area contributed by atoms with Gasteiger partial charge in [-0.25, -0.2) is 15.0 Å². The SMILES string of the molecule is Cc1ccccc1-n1c(C)ccc1N(NC(=O)OC(C)C)C(=O)OC(C)C. The van der Waals surface area contributed by atoms with Crippen molar-refractivity contribution in [2.75, 3.05) is 5.01 Å². The standard InChI is InChI=1S/C20H27N3O4/c1-13(2)26-19(24)21-23(20(25)27-14(3)4)18-12-11-16(6)22(18)17-10-8-7-9-15(17)5/h7-14H,1-6H3,(H,21,24). The molecule has 0 atom stereocenters. The van der Waals surface area contributed by atoms with E-state index in [1.807, 2.05) is 48.7 Å². The van der Waals surface area contributed by atoms with Crippen LogP contribution in [0.3, 0.4) is 0 Å². The monoisotopic (exact) mass is 373 g/mol. The number of benzene rings is 1. The average molecular weight is 373 g/mol. The number of carbonyl (C=O) groups excluding carboxylic acids is 2. The van der Waals surface area contributed by atoms with Crippen molar-refractivity contribution in [1.82, 2.24) is 9.99 Å². The summed E-state index contributed by atoms with van der Waals surface area (Å²) >= 11 is 0. The number of nitrogens with one attached hydrogen (secondary N) is 1. The fraction of sp³-hybridized carbons (Fsp3) is 0.400. The lowest BCUT2D eigenvalue weighted by Crippen LogP contribution is -2.49. The Kier molecular flexibility index (Phi) is 6.50. The summed E-state index contributed by atoms with van der Waals surface area (Å²) in [6.45, 7) is 10.9. The van der Waals surface area contributed by atoms with Crippen molar-refractivity contribution < 1.29 is 19.1 Å². The van der Waals surface area contributed by atoms with Gasteiger partial charge < -0.3 is 9.47 Å². The summed E-state index contributed by atoms with van der Waals surface area (Å²) in [4.78, 5) is 24.8.